The molecule has 0 saturated carbocycles. The number of hydrogen-bond donors (Lipinski definition) is 1. The van der Waals surface area contributed by atoms with E-state index in [0.29, 0.717) is 17.1 Å². The van der Waals surface area contributed by atoms with Gasteiger partial charge in [-0.1, -0.05) is 18.2 Å². The molecule has 0 saturated heterocycles. The van der Waals surface area contributed by atoms with Crippen molar-refractivity contribution in [2.75, 3.05) is 13.7 Å². The maximum atomic E-state index is 12.4. The number of amides is 1. The third-order valence-electron chi connectivity index (χ3n) is 4.09. The fourth-order valence-corrected chi connectivity index (χ4v) is 2.82. The number of aryl methyl sites for hydroxylation is 1. The molecule has 1 amide bonds. The first-order valence-electron chi connectivity index (χ1n) is 8.40. The second-order valence-electron chi connectivity index (χ2n) is 5.96. The molecule has 2 aromatic heterocycles. The maximum Gasteiger partial charge on any atom is 0.344 e. The third kappa shape index (κ3) is 3.89. The van der Waals surface area contributed by atoms with Crippen LogP contribution in [0.2, 0.25) is 0 Å². The number of aromatic nitrogens is 3. The van der Waals surface area contributed by atoms with Crippen molar-refractivity contribution in [3.63, 3.8) is 0 Å². The lowest BCUT2D eigenvalue weighted by Crippen LogP contribution is -2.31. The lowest BCUT2D eigenvalue weighted by molar-refractivity contribution is -0.124. The molecule has 27 heavy (non-hydrogen) atoms. The fourth-order valence-electron chi connectivity index (χ4n) is 2.82. The minimum atomic E-state index is -0.638. The van der Waals surface area contributed by atoms with Crippen LogP contribution < -0.4 is 10.1 Å². The molecule has 1 aromatic carbocycles. The minimum absolute atomic E-state index is 0.251. The average molecular weight is 368 g/mol. The number of carbonyl (C=O) groups is 2. The van der Waals surface area contributed by atoms with Gasteiger partial charge in [0.05, 0.1) is 18.8 Å². The maximum absolute atomic E-state index is 12.4. The third-order valence-corrected chi connectivity index (χ3v) is 4.09. The normalized spacial score (nSPS) is 11.8. The molecule has 0 radical (unpaired) electrons. The Morgan fingerprint density at radius 1 is 1.26 bits per heavy atom. The summed E-state index contributed by atoms with van der Waals surface area (Å²) in [5.41, 5.74) is 1.97. The monoisotopic (exact) mass is 368 g/mol. The fraction of sp³-hybridized carbons (Fsp3) is 0.263. The van der Waals surface area contributed by atoms with Crippen LogP contribution in [-0.4, -0.2) is 40.2 Å². The van der Waals surface area contributed by atoms with E-state index in [4.69, 9.17) is 9.47 Å². The molecule has 1 atom stereocenters. The zero-order chi connectivity index (χ0) is 19.4. The molecule has 1 unspecified atom stereocenters. The van der Waals surface area contributed by atoms with Crippen LogP contribution in [0.3, 0.4) is 0 Å². The van der Waals surface area contributed by atoms with Crippen LogP contribution in [0.25, 0.3) is 5.65 Å². The van der Waals surface area contributed by atoms with Crippen molar-refractivity contribution in [1.82, 2.24) is 19.9 Å². The van der Waals surface area contributed by atoms with Crippen LogP contribution in [-0.2, 0) is 9.53 Å². The summed E-state index contributed by atoms with van der Waals surface area (Å²) in [6, 6.07) is 8.81. The molecule has 1 N–H and O–H groups in total. The highest BCUT2D eigenvalue weighted by molar-refractivity contribution is 5.98. The lowest BCUT2D eigenvalue weighted by Gasteiger charge is -2.17. The minimum Gasteiger partial charge on any atom is -0.496 e. The Balaban J connectivity index is 1.63. The smallest absolute Gasteiger partial charge is 0.344 e. The number of fused-ring (bicyclic) bond motifs is 1. The summed E-state index contributed by atoms with van der Waals surface area (Å²) >= 11 is 0. The van der Waals surface area contributed by atoms with E-state index in [1.807, 2.05) is 31.2 Å². The molecule has 8 nitrogen and oxygen atoms in total. The van der Waals surface area contributed by atoms with Crippen LogP contribution in [0.5, 0.6) is 5.75 Å². The molecule has 0 aliphatic carbocycles. The van der Waals surface area contributed by atoms with Crippen molar-refractivity contribution in [1.29, 1.82) is 0 Å². The summed E-state index contributed by atoms with van der Waals surface area (Å²) in [7, 11) is 1.57. The van der Waals surface area contributed by atoms with E-state index >= 15 is 0 Å². The Morgan fingerprint density at radius 3 is 2.81 bits per heavy atom. The van der Waals surface area contributed by atoms with Gasteiger partial charge in [0, 0.05) is 18.0 Å². The van der Waals surface area contributed by atoms with Gasteiger partial charge in [-0.3, -0.25) is 4.79 Å². The lowest BCUT2D eigenvalue weighted by atomic mass is 10.1. The van der Waals surface area contributed by atoms with Gasteiger partial charge >= 0.3 is 5.97 Å². The van der Waals surface area contributed by atoms with Crippen LogP contribution in [0, 0.1) is 6.92 Å². The van der Waals surface area contributed by atoms with Gasteiger partial charge < -0.3 is 14.8 Å². The summed E-state index contributed by atoms with van der Waals surface area (Å²) in [6.07, 6.45) is 3.25. The van der Waals surface area contributed by atoms with Crippen molar-refractivity contribution >= 4 is 17.5 Å². The van der Waals surface area contributed by atoms with E-state index in [1.54, 1.807) is 32.5 Å². The molecule has 3 aromatic rings. The number of methoxy groups -OCH3 is 1. The Kier molecular flexibility index (Phi) is 5.35. The summed E-state index contributed by atoms with van der Waals surface area (Å²) in [4.78, 5) is 28.7. The highest BCUT2D eigenvalue weighted by Crippen LogP contribution is 2.24. The van der Waals surface area contributed by atoms with E-state index in [0.717, 1.165) is 5.56 Å². The Morgan fingerprint density at radius 2 is 2.04 bits per heavy atom. The predicted octanol–water partition coefficient (Wildman–Crippen LogP) is 2.08. The highest BCUT2D eigenvalue weighted by atomic mass is 16.5. The summed E-state index contributed by atoms with van der Waals surface area (Å²) in [5.74, 6) is -0.375. The van der Waals surface area contributed by atoms with Crippen molar-refractivity contribution in [2.45, 2.75) is 19.9 Å². The van der Waals surface area contributed by atoms with Gasteiger partial charge in [-0.15, -0.1) is 0 Å². The van der Waals surface area contributed by atoms with Crippen molar-refractivity contribution in [3.8, 4) is 5.75 Å². The number of para-hydroxylation sites is 1. The van der Waals surface area contributed by atoms with Crippen molar-refractivity contribution < 1.29 is 19.1 Å². The van der Waals surface area contributed by atoms with E-state index < -0.39 is 18.5 Å². The summed E-state index contributed by atoms with van der Waals surface area (Å²) < 4.78 is 11.9. The molecular weight excluding hydrogens is 348 g/mol. The quantitative estimate of drug-likeness (QED) is 0.670. The zero-order valence-corrected chi connectivity index (χ0v) is 15.3. The summed E-state index contributed by atoms with van der Waals surface area (Å²) in [5, 5.41) is 7.00. The van der Waals surface area contributed by atoms with Gasteiger partial charge in [-0.05, 0) is 26.0 Å². The molecule has 3 rings (SSSR count). The van der Waals surface area contributed by atoms with Gasteiger partial charge in [-0.25, -0.2) is 14.3 Å². The van der Waals surface area contributed by atoms with E-state index in [-0.39, 0.29) is 11.6 Å². The second-order valence-corrected chi connectivity index (χ2v) is 5.96. The molecule has 0 aliphatic heterocycles. The van der Waals surface area contributed by atoms with E-state index in [9.17, 15) is 9.59 Å². The number of nitrogens with one attached hydrogen (secondary N) is 1. The number of carbonyl (C=O) groups excluding carboxylic acids is 2. The van der Waals surface area contributed by atoms with Gasteiger partial charge in [0.15, 0.2) is 12.3 Å². The van der Waals surface area contributed by atoms with E-state index in [1.165, 1.54) is 4.52 Å². The first-order chi connectivity index (χ1) is 13.0. The molecule has 0 fully saturated rings. The second kappa shape index (κ2) is 7.86. The number of benzene rings is 1. The number of esters is 1. The van der Waals surface area contributed by atoms with Crippen LogP contribution in [0.15, 0.2) is 42.7 Å². The molecule has 0 aliphatic rings. The number of ether oxygens (including phenoxy) is 2. The van der Waals surface area contributed by atoms with Crippen LogP contribution in [0.1, 0.15) is 34.6 Å². The molecule has 2 heterocycles. The first kappa shape index (κ1) is 18.4. The van der Waals surface area contributed by atoms with Crippen LogP contribution in [0.4, 0.5) is 0 Å². The van der Waals surface area contributed by atoms with Crippen LogP contribution >= 0.6 is 0 Å². The SMILES string of the molecule is COc1ccccc1C(C)NC(=O)COC(=O)c1c(C)nn2cccnc12. The largest absolute Gasteiger partial charge is 0.496 e. The van der Waals surface area contributed by atoms with Crippen molar-refractivity contribution in [3.05, 3.63) is 59.5 Å². The number of rotatable bonds is 6. The Hall–Kier alpha value is -3.42. The molecule has 140 valence electrons. The average Bonchev–Trinajstić information content (AvgIpc) is 3.01. The first-order valence-corrected chi connectivity index (χ1v) is 8.40. The summed E-state index contributed by atoms with van der Waals surface area (Å²) in [6.45, 7) is 3.12. The Bertz CT molecular complexity index is 983. The molecular formula is C19H20N4O4. The van der Waals surface area contributed by atoms with Gasteiger partial charge in [-0.2, -0.15) is 5.10 Å². The standard InChI is InChI=1S/C19H20N4O4/c1-12(14-7-4-5-8-15(14)26-3)21-16(24)11-27-19(25)17-13(2)22-23-10-6-9-20-18(17)23/h4-10,12H,11H2,1-3H3,(H,21,24). The predicted molar refractivity (Wildman–Crippen MR) is 97.6 cm³/mol. The topological polar surface area (TPSA) is 94.8 Å². The molecule has 8 heteroatoms. The van der Waals surface area contributed by atoms with Gasteiger partial charge in [0.2, 0.25) is 0 Å². The van der Waals surface area contributed by atoms with Crippen molar-refractivity contribution in [2.24, 2.45) is 0 Å². The molecule has 0 spiro atoms. The van der Waals surface area contributed by atoms with E-state index in [2.05, 4.69) is 15.4 Å². The van der Waals surface area contributed by atoms with Gasteiger partial charge in [0.1, 0.15) is 11.3 Å². The van der Waals surface area contributed by atoms with Gasteiger partial charge in [0.25, 0.3) is 5.91 Å². The Labute approximate surface area is 156 Å². The number of nitrogens with zero attached hydrogens (tertiary/aromatic N) is 3. The molecule has 0 bridgehead atoms. The highest BCUT2D eigenvalue weighted by Gasteiger charge is 2.21. The number of hydrogen-bond acceptors (Lipinski definition) is 6. The zero-order valence-electron chi connectivity index (χ0n) is 15.3.